The van der Waals surface area contributed by atoms with Crippen LogP contribution in [0.1, 0.15) is 37.0 Å². The molecular formula is C25H28N2O7. The van der Waals surface area contributed by atoms with Crippen molar-refractivity contribution in [3.8, 4) is 11.8 Å². The number of anilines is 1. The highest BCUT2D eigenvalue weighted by Crippen LogP contribution is 2.29. The van der Waals surface area contributed by atoms with Crippen molar-refractivity contribution >= 4 is 17.7 Å². The molecule has 0 aliphatic rings. The number of hydrogen-bond acceptors (Lipinski definition) is 7. The smallest absolute Gasteiger partial charge is 0.412 e. The number of aliphatic hydroxyl groups excluding tert-OH is 1. The highest BCUT2D eigenvalue weighted by atomic mass is 16.6. The number of benzene rings is 2. The Morgan fingerprint density at radius 3 is 2.44 bits per heavy atom. The van der Waals surface area contributed by atoms with Crippen molar-refractivity contribution in [3.05, 3.63) is 71.8 Å². The van der Waals surface area contributed by atoms with Crippen LogP contribution in [-0.2, 0) is 14.3 Å². The number of allylic oxidation sites excluding steroid dienone is 1. The van der Waals surface area contributed by atoms with Crippen LogP contribution in [0.5, 0.6) is 5.75 Å². The molecule has 0 bridgehead atoms. The van der Waals surface area contributed by atoms with Gasteiger partial charge in [0.25, 0.3) is 0 Å². The summed E-state index contributed by atoms with van der Waals surface area (Å²) in [6.45, 7) is 2.23. The van der Waals surface area contributed by atoms with Crippen molar-refractivity contribution in [1.82, 2.24) is 0 Å². The van der Waals surface area contributed by atoms with Gasteiger partial charge in [0.05, 0.1) is 24.3 Å². The second-order valence-corrected chi connectivity index (χ2v) is 7.09. The molecule has 0 saturated heterocycles. The molecule has 3 N–H and O–H groups in total. The number of aliphatic hydroxyl groups is 1. The van der Waals surface area contributed by atoms with E-state index in [-0.39, 0.29) is 13.2 Å². The van der Waals surface area contributed by atoms with Crippen LogP contribution >= 0.6 is 0 Å². The average Bonchev–Trinajstić information content (AvgIpc) is 2.84. The number of amides is 1. The quantitative estimate of drug-likeness (QED) is 0.374. The number of carbonyl (C=O) groups is 2. The lowest BCUT2D eigenvalue weighted by atomic mass is 10.00. The predicted molar refractivity (Wildman–Crippen MR) is 124 cm³/mol. The van der Waals surface area contributed by atoms with Crippen molar-refractivity contribution in [2.45, 2.75) is 32.0 Å². The Morgan fingerprint density at radius 1 is 1.15 bits per heavy atom. The molecule has 2 atom stereocenters. The summed E-state index contributed by atoms with van der Waals surface area (Å²) in [7, 11) is 0. The van der Waals surface area contributed by atoms with Crippen LogP contribution in [0.2, 0.25) is 0 Å². The highest BCUT2D eigenvalue weighted by Gasteiger charge is 2.27. The summed E-state index contributed by atoms with van der Waals surface area (Å²) >= 11 is 0. The molecule has 0 spiro atoms. The first kappa shape index (κ1) is 26.4. The molecule has 0 radical (unpaired) electrons. The molecule has 2 rings (SSSR count). The third-order valence-corrected chi connectivity index (χ3v) is 4.66. The van der Waals surface area contributed by atoms with Crippen LogP contribution in [0.3, 0.4) is 0 Å². The molecule has 0 saturated carbocycles. The zero-order chi connectivity index (χ0) is 24.8. The fourth-order valence-corrected chi connectivity index (χ4v) is 3.15. The van der Waals surface area contributed by atoms with Crippen LogP contribution in [0.4, 0.5) is 10.5 Å². The van der Waals surface area contributed by atoms with E-state index >= 15 is 0 Å². The molecule has 0 aliphatic heterocycles. The lowest BCUT2D eigenvalue weighted by Gasteiger charge is -2.27. The SMILES string of the molecule is CCO[C@H](CC/C=C/C(=O)O)[C@H](OC(=O)Nc1ccc(C#N)cc1)c1ccc(OCCO)cc1. The molecule has 9 heteroatoms. The molecule has 180 valence electrons. The molecule has 0 aromatic heterocycles. The van der Waals surface area contributed by atoms with Gasteiger partial charge in [-0.2, -0.15) is 5.26 Å². The van der Waals surface area contributed by atoms with E-state index in [1.54, 1.807) is 48.5 Å². The number of carbonyl (C=O) groups excluding carboxylic acids is 1. The second kappa shape index (κ2) is 14.3. The molecule has 2 aromatic rings. The molecule has 0 aliphatic carbocycles. The molecule has 34 heavy (non-hydrogen) atoms. The van der Waals surface area contributed by atoms with Crippen LogP contribution in [0.25, 0.3) is 0 Å². The number of nitriles is 1. The van der Waals surface area contributed by atoms with Gasteiger partial charge in [0.2, 0.25) is 0 Å². The summed E-state index contributed by atoms with van der Waals surface area (Å²) in [6, 6.07) is 15.2. The van der Waals surface area contributed by atoms with Gasteiger partial charge in [0.1, 0.15) is 12.4 Å². The molecular weight excluding hydrogens is 440 g/mol. The summed E-state index contributed by atoms with van der Waals surface area (Å²) in [5.41, 5.74) is 1.59. The first-order valence-electron chi connectivity index (χ1n) is 10.8. The van der Waals surface area contributed by atoms with Gasteiger partial charge in [-0.25, -0.2) is 9.59 Å². The van der Waals surface area contributed by atoms with Crippen molar-refractivity contribution in [2.24, 2.45) is 0 Å². The predicted octanol–water partition coefficient (Wildman–Crippen LogP) is 4.05. The van der Waals surface area contributed by atoms with Gasteiger partial charge in [-0.1, -0.05) is 18.2 Å². The monoisotopic (exact) mass is 468 g/mol. The molecule has 2 aromatic carbocycles. The number of hydrogen-bond donors (Lipinski definition) is 3. The largest absolute Gasteiger partial charge is 0.491 e. The zero-order valence-electron chi connectivity index (χ0n) is 18.8. The summed E-state index contributed by atoms with van der Waals surface area (Å²) in [4.78, 5) is 23.4. The minimum absolute atomic E-state index is 0.112. The Morgan fingerprint density at radius 2 is 1.85 bits per heavy atom. The minimum atomic E-state index is -1.04. The van der Waals surface area contributed by atoms with Gasteiger partial charge < -0.3 is 24.4 Å². The van der Waals surface area contributed by atoms with Gasteiger partial charge in [0.15, 0.2) is 6.10 Å². The molecule has 0 unspecified atom stereocenters. The number of aliphatic carboxylic acids is 1. The Balaban J connectivity index is 2.21. The molecule has 1 amide bonds. The maximum atomic E-state index is 12.7. The van der Waals surface area contributed by atoms with E-state index in [0.717, 1.165) is 6.08 Å². The fourth-order valence-electron chi connectivity index (χ4n) is 3.15. The molecule has 0 fully saturated rings. The zero-order valence-corrected chi connectivity index (χ0v) is 18.8. The van der Waals surface area contributed by atoms with E-state index in [1.807, 2.05) is 13.0 Å². The maximum absolute atomic E-state index is 12.7. The summed E-state index contributed by atoms with van der Waals surface area (Å²) in [5, 5.41) is 29.3. The van der Waals surface area contributed by atoms with Crippen molar-refractivity contribution in [1.29, 1.82) is 5.26 Å². The van der Waals surface area contributed by atoms with Crippen molar-refractivity contribution in [2.75, 3.05) is 25.1 Å². The number of ether oxygens (including phenoxy) is 3. The molecule has 9 nitrogen and oxygen atoms in total. The number of rotatable bonds is 13. The topological polar surface area (TPSA) is 138 Å². The third kappa shape index (κ3) is 8.94. The van der Waals surface area contributed by atoms with E-state index in [0.29, 0.717) is 42.0 Å². The van der Waals surface area contributed by atoms with Crippen LogP contribution in [-0.4, -0.2) is 48.2 Å². The van der Waals surface area contributed by atoms with Gasteiger partial charge in [-0.3, -0.25) is 5.32 Å². The number of carboxylic acid groups (broad SMARTS) is 1. The first-order chi connectivity index (χ1) is 16.5. The summed E-state index contributed by atoms with van der Waals surface area (Å²) in [6.07, 6.45) is 1.36. The maximum Gasteiger partial charge on any atom is 0.412 e. The van der Waals surface area contributed by atoms with Gasteiger partial charge >= 0.3 is 12.1 Å². The van der Waals surface area contributed by atoms with Gasteiger partial charge in [0, 0.05) is 18.4 Å². The van der Waals surface area contributed by atoms with Crippen LogP contribution in [0.15, 0.2) is 60.7 Å². The van der Waals surface area contributed by atoms with E-state index in [4.69, 9.17) is 29.7 Å². The van der Waals surface area contributed by atoms with E-state index in [9.17, 15) is 9.59 Å². The summed E-state index contributed by atoms with van der Waals surface area (Å²) < 4.78 is 17.0. The Labute approximate surface area is 198 Å². The lowest BCUT2D eigenvalue weighted by molar-refractivity contribution is -0.131. The minimum Gasteiger partial charge on any atom is -0.491 e. The third-order valence-electron chi connectivity index (χ3n) is 4.66. The number of nitrogens with one attached hydrogen (secondary N) is 1. The highest BCUT2D eigenvalue weighted by molar-refractivity contribution is 5.84. The summed E-state index contributed by atoms with van der Waals surface area (Å²) in [5.74, 6) is -0.489. The normalized spacial score (nSPS) is 12.5. The van der Waals surface area contributed by atoms with Crippen LogP contribution in [0, 0.1) is 11.3 Å². The second-order valence-electron chi connectivity index (χ2n) is 7.09. The lowest BCUT2D eigenvalue weighted by Crippen LogP contribution is -2.29. The fraction of sp³-hybridized carbons (Fsp3) is 0.320. The van der Waals surface area contributed by atoms with Gasteiger partial charge in [-0.05, 0) is 61.7 Å². The van der Waals surface area contributed by atoms with Crippen LogP contribution < -0.4 is 10.1 Å². The van der Waals surface area contributed by atoms with Gasteiger partial charge in [-0.15, -0.1) is 0 Å². The van der Waals surface area contributed by atoms with Crippen molar-refractivity contribution < 1.29 is 34.0 Å². The number of nitrogens with zero attached hydrogens (tertiary/aromatic N) is 1. The Hall–Kier alpha value is -3.87. The average molecular weight is 469 g/mol. The van der Waals surface area contributed by atoms with E-state index in [2.05, 4.69) is 5.32 Å². The van der Waals surface area contributed by atoms with E-state index < -0.39 is 24.3 Å². The Bertz CT molecular complexity index is 982. The first-order valence-corrected chi connectivity index (χ1v) is 10.8. The standard InChI is InChI=1S/C25H28N2O7/c1-2-32-22(5-3-4-6-23(29)30)24(19-9-13-21(14-10-19)33-16-15-28)34-25(31)27-20-11-7-18(17-26)8-12-20/h4,6-14,22,24,28H,2-3,5,15-16H2,1H3,(H,27,31)(H,29,30)/b6-4+/t22-,24-/m1/s1. The van der Waals surface area contributed by atoms with Crippen molar-refractivity contribution in [3.63, 3.8) is 0 Å². The van der Waals surface area contributed by atoms with E-state index in [1.165, 1.54) is 6.08 Å². The molecule has 0 heterocycles. The Kier molecular flexibility index (Phi) is 11.1. The number of carboxylic acids is 1.